The number of imidazole rings is 1. The Morgan fingerprint density at radius 1 is 1.12 bits per heavy atom. The summed E-state index contributed by atoms with van der Waals surface area (Å²) in [6.45, 7) is 1.45. The highest BCUT2D eigenvalue weighted by molar-refractivity contribution is 5.87. The molecule has 0 saturated carbocycles. The fraction of sp³-hybridized carbons (Fsp3) is 0.435. The van der Waals surface area contributed by atoms with Crippen LogP contribution in [0.1, 0.15) is 31.2 Å². The van der Waals surface area contributed by atoms with E-state index in [0.29, 0.717) is 38.0 Å². The molecule has 0 bridgehead atoms. The average molecular weight is 450 g/mol. The van der Waals surface area contributed by atoms with Gasteiger partial charge in [0.05, 0.1) is 12.4 Å². The lowest BCUT2D eigenvalue weighted by Gasteiger charge is -2.31. The molecule has 2 saturated heterocycles. The number of rotatable bonds is 5. The van der Waals surface area contributed by atoms with Crippen molar-refractivity contribution in [1.29, 1.82) is 0 Å². The Balaban J connectivity index is 1.59. The van der Waals surface area contributed by atoms with Crippen LogP contribution in [0.3, 0.4) is 0 Å². The fourth-order valence-electron chi connectivity index (χ4n) is 5.00. The van der Waals surface area contributed by atoms with Crippen molar-refractivity contribution >= 4 is 23.4 Å². The van der Waals surface area contributed by atoms with Crippen LogP contribution in [0.5, 0.6) is 0 Å². The zero-order valence-corrected chi connectivity index (χ0v) is 18.5. The van der Waals surface area contributed by atoms with Gasteiger partial charge in [-0.15, -0.1) is 0 Å². The highest BCUT2D eigenvalue weighted by atomic mass is 16.2. The number of amides is 1. The van der Waals surface area contributed by atoms with Gasteiger partial charge in [0, 0.05) is 26.7 Å². The molecular formula is C23H26N6O4. The van der Waals surface area contributed by atoms with Gasteiger partial charge in [-0.2, -0.15) is 4.68 Å². The average Bonchev–Trinajstić information content (AvgIpc) is 3.58. The van der Waals surface area contributed by atoms with Gasteiger partial charge in [0.25, 0.3) is 5.56 Å². The van der Waals surface area contributed by atoms with E-state index in [-0.39, 0.29) is 11.6 Å². The van der Waals surface area contributed by atoms with E-state index in [1.54, 1.807) is 20.8 Å². The van der Waals surface area contributed by atoms with Gasteiger partial charge in [0.15, 0.2) is 11.2 Å². The summed E-state index contributed by atoms with van der Waals surface area (Å²) in [4.78, 5) is 57.1. The van der Waals surface area contributed by atoms with E-state index in [1.807, 2.05) is 30.3 Å². The third-order valence-corrected chi connectivity index (χ3v) is 6.70. The minimum absolute atomic E-state index is 0.153. The van der Waals surface area contributed by atoms with Gasteiger partial charge in [-0.25, -0.2) is 9.78 Å². The van der Waals surface area contributed by atoms with Gasteiger partial charge in [-0.05, 0) is 31.2 Å². The summed E-state index contributed by atoms with van der Waals surface area (Å²) in [6.07, 6.45) is 5.13. The molecule has 10 nitrogen and oxygen atoms in total. The summed E-state index contributed by atoms with van der Waals surface area (Å²) in [5, 5.41) is 1.71. The monoisotopic (exact) mass is 450 g/mol. The Kier molecular flexibility index (Phi) is 5.35. The molecule has 2 aliphatic heterocycles. The summed E-state index contributed by atoms with van der Waals surface area (Å²) >= 11 is 0. The molecule has 3 aromatic rings. The smallest absolute Gasteiger partial charge is 0.331 e. The molecule has 0 aliphatic carbocycles. The van der Waals surface area contributed by atoms with Crippen LogP contribution in [0.15, 0.2) is 46.2 Å². The van der Waals surface area contributed by atoms with Crippen LogP contribution >= 0.6 is 0 Å². The van der Waals surface area contributed by atoms with Crippen molar-refractivity contribution in [1.82, 2.24) is 23.7 Å². The Hall–Kier alpha value is -3.69. The number of hydrogen-bond acceptors (Lipinski definition) is 6. The minimum Gasteiger partial charge on any atom is -0.331 e. The number of nitrogens with zero attached hydrogens (tertiary/aromatic N) is 6. The van der Waals surface area contributed by atoms with Crippen molar-refractivity contribution in [2.24, 2.45) is 7.05 Å². The van der Waals surface area contributed by atoms with Crippen LogP contribution in [-0.2, 0) is 23.2 Å². The lowest BCUT2D eigenvalue weighted by atomic mass is 10.2. The maximum Gasteiger partial charge on any atom is 0.351 e. The van der Waals surface area contributed by atoms with Crippen molar-refractivity contribution in [2.45, 2.75) is 44.3 Å². The van der Waals surface area contributed by atoms with Gasteiger partial charge >= 0.3 is 5.69 Å². The lowest BCUT2D eigenvalue weighted by Crippen LogP contribution is -2.56. The molecule has 172 valence electrons. The molecule has 2 atom stereocenters. The topological polar surface area (TPSA) is 102 Å². The Bertz CT molecular complexity index is 1320. The van der Waals surface area contributed by atoms with Crippen LogP contribution in [0.2, 0.25) is 0 Å². The number of fused-ring (bicyclic) bond motifs is 1. The van der Waals surface area contributed by atoms with Crippen LogP contribution in [0.4, 0.5) is 0 Å². The highest BCUT2D eigenvalue weighted by Crippen LogP contribution is 2.24. The fourth-order valence-corrected chi connectivity index (χ4v) is 5.00. The summed E-state index contributed by atoms with van der Waals surface area (Å²) in [5.41, 5.74) is 0.589. The van der Waals surface area contributed by atoms with Crippen molar-refractivity contribution in [3.63, 3.8) is 0 Å². The van der Waals surface area contributed by atoms with Crippen molar-refractivity contribution in [3.8, 4) is 0 Å². The first-order chi connectivity index (χ1) is 16.0. The molecule has 2 aliphatic rings. The molecule has 2 unspecified atom stereocenters. The molecule has 1 amide bonds. The summed E-state index contributed by atoms with van der Waals surface area (Å²) in [7, 11) is 1.44. The Labute approximate surface area is 189 Å². The van der Waals surface area contributed by atoms with Crippen LogP contribution in [0, 0.1) is 0 Å². The zero-order valence-electron chi connectivity index (χ0n) is 18.5. The molecule has 4 heterocycles. The van der Waals surface area contributed by atoms with Gasteiger partial charge in [0.2, 0.25) is 5.91 Å². The molecule has 0 N–H and O–H groups in total. The molecule has 2 aromatic heterocycles. The quantitative estimate of drug-likeness (QED) is 0.516. The third-order valence-electron chi connectivity index (χ3n) is 6.70. The van der Waals surface area contributed by atoms with Crippen molar-refractivity contribution in [2.75, 3.05) is 18.1 Å². The van der Waals surface area contributed by atoms with Crippen LogP contribution < -0.4 is 16.3 Å². The SMILES string of the molecule is Cn1c(=O)c2c(ncn2Cc2ccccc2)n(N2CCCC2C(=O)N2CCCC2C=O)c1=O. The molecule has 33 heavy (non-hydrogen) atoms. The number of carbonyl (C=O) groups is 2. The number of aldehydes is 1. The first kappa shape index (κ1) is 21.2. The van der Waals surface area contributed by atoms with E-state index in [1.165, 1.54) is 11.7 Å². The Morgan fingerprint density at radius 2 is 1.88 bits per heavy atom. The van der Waals surface area contributed by atoms with E-state index in [9.17, 15) is 19.2 Å². The number of benzene rings is 1. The van der Waals surface area contributed by atoms with E-state index in [0.717, 1.165) is 29.3 Å². The van der Waals surface area contributed by atoms with E-state index in [4.69, 9.17) is 0 Å². The number of hydrogen-bond donors (Lipinski definition) is 0. The zero-order chi connectivity index (χ0) is 23.1. The normalized spacial score (nSPS) is 20.6. The summed E-state index contributed by atoms with van der Waals surface area (Å²) in [6, 6.07) is 8.70. The van der Waals surface area contributed by atoms with E-state index < -0.39 is 23.3 Å². The summed E-state index contributed by atoms with van der Waals surface area (Å²) < 4.78 is 4.17. The molecular weight excluding hydrogens is 424 g/mol. The molecule has 5 rings (SSSR count). The second kappa shape index (κ2) is 8.34. The molecule has 0 radical (unpaired) electrons. The minimum atomic E-state index is -0.580. The standard InChI is InChI=1S/C23H26N6O4/c1-25-22(32)19-20(24-15-26(19)13-16-7-3-2-4-8-16)29(23(25)33)28-12-6-10-18(28)21(31)27-11-5-9-17(27)14-30/h2-4,7-8,14-15,17-18H,5-6,9-13H2,1H3. The van der Waals surface area contributed by atoms with Crippen LogP contribution in [-0.4, -0.2) is 61.1 Å². The van der Waals surface area contributed by atoms with Gasteiger partial charge in [0.1, 0.15) is 12.3 Å². The molecule has 1 aromatic carbocycles. The summed E-state index contributed by atoms with van der Waals surface area (Å²) in [5.74, 6) is -0.153. The second-order valence-corrected chi connectivity index (χ2v) is 8.69. The lowest BCUT2D eigenvalue weighted by molar-refractivity contribution is -0.135. The first-order valence-electron chi connectivity index (χ1n) is 11.2. The second-order valence-electron chi connectivity index (χ2n) is 8.69. The van der Waals surface area contributed by atoms with E-state index >= 15 is 0 Å². The third kappa shape index (κ3) is 3.46. The van der Waals surface area contributed by atoms with Gasteiger partial charge in [-0.1, -0.05) is 30.3 Å². The molecule has 0 spiro atoms. The predicted molar refractivity (Wildman–Crippen MR) is 122 cm³/mol. The number of carbonyl (C=O) groups excluding carboxylic acids is 2. The van der Waals surface area contributed by atoms with Crippen molar-refractivity contribution in [3.05, 3.63) is 63.1 Å². The molecule has 2 fully saturated rings. The predicted octanol–water partition coefficient (Wildman–Crippen LogP) is 0.235. The van der Waals surface area contributed by atoms with Crippen molar-refractivity contribution < 1.29 is 9.59 Å². The van der Waals surface area contributed by atoms with Crippen LogP contribution in [0.25, 0.3) is 11.2 Å². The van der Waals surface area contributed by atoms with Gasteiger partial charge in [-0.3, -0.25) is 19.2 Å². The van der Waals surface area contributed by atoms with Gasteiger partial charge < -0.3 is 14.3 Å². The largest absolute Gasteiger partial charge is 0.351 e. The highest BCUT2D eigenvalue weighted by Gasteiger charge is 2.39. The van der Waals surface area contributed by atoms with E-state index in [2.05, 4.69) is 4.98 Å². The maximum absolute atomic E-state index is 13.4. The first-order valence-corrected chi connectivity index (χ1v) is 11.2. The molecule has 10 heteroatoms. The number of aromatic nitrogens is 4. The number of likely N-dealkylation sites (tertiary alicyclic amines) is 1. The maximum atomic E-state index is 13.4. The Morgan fingerprint density at radius 3 is 2.64 bits per heavy atom.